The molecule has 2 aromatic carbocycles. The first-order valence-corrected chi connectivity index (χ1v) is 11.3. The van der Waals surface area contributed by atoms with Crippen molar-refractivity contribution in [1.82, 2.24) is 20.1 Å². The van der Waals surface area contributed by atoms with Gasteiger partial charge in [-0.2, -0.15) is 5.26 Å². The maximum atomic E-state index is 12.6. The molecule has 3 aromatic rings. The molecule has 1 atom stereocenters. The quantitative estimate of drug-likeness (QED) is 0.479. The van der Waals surface area contributed by atoms with Gasteiger partial charge in [0.15, 0.2) is 11.0 Å². The summed E-state index contributed by atoms with van der Waals surface area (Å²) in [5.41, 5.74) is 0.692. The number of hydrogen-bond acceptors (Lipinski definition) is 6. The van der Waals surface area contributed by atoms with Crippen LogP contribution in [0.5, 0.6) is 5.75 Å². The number of benzene rings is 2. The first-order valence-electron chi connectivity index (χ1n) is 9.98. The van der Waals surface area contributed by atoms with E-state index in [4.69, 9.17) is 16.3 Å². The van der Waals surface area contributed by atoms with Gasteiger partial charge in [0, 0.05) is 16.3 Å². The van der Waals surface area contributed by atoms with Crippen LogP contribution in [0.3, 0.4) is 0 Å². The Hall–Kier alpha value is -3.02. The van der Waals surface area contributed by atoms with Crippen molar-refractivity contribution in [1.29, 1.82) is 5.26 Å². The molecule has 0 aliphatic rings. The van der Waals surface area contributed by atoms with E-state index >= 15 is 0 Å². The molecule has 0 saturated carbocycles. The highest BCUT2D eigenvalue weighted by atomic mass is 35.5. The van der Waals surface area contributed by atoms with Gasteiger partial charge in [0.05, 0.1) is 18.9 Å². The maximum Gasteiger partial charge on any atom is 0.231 e. The molecule has 0 saturated heterocycles. The van der Waals surface area contributed by atoms with E-state index in [1.807, 2.05) is 54.8 Å². The molecule has 7 nitrogen and oxygen atoms in total. The minimum atomic E-state index is -0.937. The van der Waals surface area contributed by atoms with Crippen molar-refractivity contribution >= 4 is 29.3 Å². The van der Waals surface area contributed by atoms with Gasteiger partial charge in [-0.15, -0.1) is 10.2 Å². The average molecular weight is 470 g/mol. The number of hydrogen-bond donors (Lipinski definition) is 1. The third kappa shape index (κ3) is 5.23. The van der Waals surface area contributed by atoms with Crippen LogP contribution in [-0.4, -0.2) is 39.1 Å². The van der Waals surface area contributed by atoms with Crippen LogP contribution in [0, 0.1) is 17.2 Å². The number of nitrogens with zero attached hydrogens (tertiary/aromatic N) is 4. The van der Waals surface area contributed by atoms with Crippen molar-refractivity contribution in [3.63, 3.8) is 0 Å². The van der Waals surface area contributed by atoms with E-state index in [9.17, 15) is 10.1 Å². The smallest absolute Gasteiger partial charge is 0.231 e. The summed E-state index contributed by atoms with van der Waals surface area (Å²) in [6, 6.07) is 17.0. The summed E-state index contributed by atoms with van der Waals surface area (Å²) in [5.74, 6) is 1.12. The molecule has 0 aliphatic heterocycles. The first-order chi connectivity index (χ1) is 15.3. The number of amides is 1. The molecule has 0 bridgehead atoms. The highest BCUT2D eigenvalue weighted by Gasteiger charge is 2.30. The zero-order chi connectivity index (χ0) is 23.3. The Morgan fingerprint density at radius 1 is 1.28 bits per heavy atom. The summed E-state index contributed by atoms with van der Waals surface area (Å²) in [6.07, 6.45) is 0. The number of halogens is 1. The Bertz CT molecular complexity index is 1140. The number of thioether (sulfide) groups is 1. The standard InChI is InChI=1S/C23H24ClN5O2S/c1-15(2)23(3,14-25)26-20(30)13-32-22-28-27-21(16-6-5-7-19(12-16)31-4)29(22)18-10-8-17(24)9-11-18/h5-12,15H,13H2,1-4H3,(H,26,30). The number of aromatic nitrogens is 3. The number of methoxy groups -OCH3 is 1. The summed E-state index contributed by atoms with van der Waals surface area (Å²) < 4.78 is 7.21. The topological polar surface area (TPSA) is 92.8 Å². The Kier molecular flexibility index (Phi) is 7.44. The summed E-state index contributed by atoms with van der Waals surface area (Å²) in [6.45, 7) is 5.51. The monoisotopic (exact) mass is 469 g/mol. The maximum absolute atomic E-state index is 12.6. The Morgan fingerprint density at radius 3 is 2.62 bits per heavy atom. The molecule has 1 unspecified atom stereocenters. The Balaban J connectivity index is 1.93. The number of nitriles is 1. The molecule has 3 rings (SSSR count). The highest BCUT2D eigenvalue weighted by molar-refractivity contribution is 7.99. The molecule has 166 valence electrons. The minimum absolute atomic E-state index is 0.0289. The third-order valence-corrected chi connectivity index (χ3v) is 6.35. The van der Waals surface area contributed by atoms with Gasteiger partial charge in [0.2, 0.25) is 5.91 Å². The lowest BCUT2D eigenvalue weighted by Gasteiger charge is -2.27. The molecule has 0 spiro atoms. The predicted octanol–water partition coefficient (Wildman–Crippen LogP) is 4.74. The van der Waals surface area contributed by atoms with E-state index in [-0.39, 0.29) is 17.6 Å². The van der Waals surface area contributed by atoms with Gasteiger partial charge in [0.1, 0.15) is 11.3 Å². The number of ether oxygens (including phenoxy) is 1. The SMILES string of the molecule is COc1cccc(-c2nnc(SCC(=O)NC(C)(C#N)C(C)C)n2-c2ccc(Cl)cc2)c1. The molecule has 1 amide bonds. The molecule has 0 aliphatic carbocycles. The van der Waals surface area contributed by atoms with E-state index in [0.717, 1.165) is 11.3 Å². The van der Waals surface area contributed by atoms with E-state index in [1.165, 1.54) is 11.8 Å². The Labute approximate surface area is 196 Å². The van der Waals surface area contributed by atoms with E-state index < -0.39 is 5.54 Å². The Morgan fingerprint density at radius 2 is 2.00 bits per heavy atom. The van der Waals surface area contributed by atoms with E-state index in [1.54, 1.807) is 26.2 Å². The van der Waals surface area contributed by atoms with Gasteiger partial charge < -0.3 is 10.1 Å². The van der Waals surface area contributed by atoms with Crippen molar-refractivity contribution in [2.45, 2.75) is 31.5 Å². The molecular formula is C23H24ClN5O2S. The van der Waals surface area contributed by atoms with Crippen LogP contribution < -0.4 is 10.1 Å². The predicted molar refractivity (Wildman–Crippen MR) is 126 cm³/mol. The third-order valence-electron chi connectivity index (χ3n) is 5.16. The lowest BCUT2D eigenvalue weighted by atomic mass is 9.90. The van der Waals surface area contributed by atoms with Crippen LogP contribution in [0.15, 0.2) is 53.7 Å². The first kappa shape index (κ1) is 23.6. The number of carbonyl (C=O) groups is 1. The zero-order valence-corrected chi connectivity index (χ0v) is 19.9. The van der Waals surface area contributed by atoms with E-state index in [0.29, 0.717) is 21.8 Å². The second-order valence-corrected chi connectivity index (χ2v) is 9.03. The fraction of sp³-hybridized carbons (Fsp3) is 0.304. The second kappa shape index (κ2) is 10.1. The van der Waals surface area contributed by atoms with Crippen LogP contribution >= 0.6 is 23.4 Å². The molecule has 32 heavy (non-hydrogen) atoms. The molecular weight excluding hydrogens is 446 g/mol. The lowest BCUT2D eigenvalue weighted by Crippen LogP contribution is -2.49. The van der Waals surface area contributed by atoms with Gasteiger partial charge in [-0.05, 0) is 49.2 Å². The number of nitrogens with one attached hydrogen (secondary N) is 1. The molecule has 1 aromatic heterocycles. The van der Waals surface area contributed by atoms with E-state index in [2.05, 4.69) is 21.6 Å². The lowest BCUT2D eigenvalue weighted by molar-refractivity contribution is -0.120. The average Bonchev–Trinajstić information content (AvgIpc) is 3.22. The van der Waals surface area contributed by atoms with Crippen molar-refractivity contribution < 1.29 is 9.53 Å². The van der Waals surface area contributed by atoms with Crippen molar-refractivity contribution in [3.05, 3.63) is 53.6 Å². The summed E-state index contributed by atoms with van der Waals surface area (Å²) >= 11 is 7.32. The van der Waals surface area contributed by atoms with Crippen LogP contribution in [-0.2, 0) is 4.79 Å². The van der Waals surface area contributed by atoms with Gasteiger partial charge in [-0.3, -0.25) is 9.36 Å². The second-order valence-electron chi connectivity index (χ2n) is 7.66. The van der Waals surface area contributed by atoms with Gasteiger partial charge in [-0.1, -0.05) is 49.3 Å². The number of rotatable bonds is 8. The minimum Gasteiger partial charge on any atom is -0.497 e. The van der Waals surface area contributed by atoms with Crippen molar-refractivity contribution in [3.8, 4) is 28.9 Å². The summed E-state index contributed by atoms with van der Waals surface area (Å²) in [5, 5.41) is 22.1. The van der Waals surface area contributed by atoms with Crippen LogP contribution in [0.4, 0.5) is 0 Å². The number of carbonyl (C=O) groups excluding carboxylic acids is 1. The molecule has 1 heterocycles. The fourth-order valence-corrected chi connectivity index (χ4v) is 3.77. The largest absolute Gasteiger partial charge is 0.497 e. The molecule has 0 fully saturated rings. The highest BCUT2D eigenvalue weighted by Crippen LogP contribution is 2.30. The van der Waals surface area contributed by atoms with Gasteiger partial charge >= 0.3 is 0 Å². The van der Waals surface area contributed by atoms with Crippen molar-refractivity contribution in [2.24, 2.45) is 5.92 Å². The van der Waals surface area contributed by atoms with Crippen LogP contribution in [0.1, 0.15) is 20.8 Å². The summed E-state index contributed by atoms with van der Waals surface area (Å²) in [7, 11) is 1.61. The summed E-state index contributed by atoms with van der Waals surface area (Å²) in [4.78, 5) is 12.6. The molecule has 9 heteroatoms. The van der Waals surface area contributed by atoms with Crippen molar-refractivity contribution in [2.75, 3.05) is 12.9 Å². The van der Waals surface area contributed by atoms with Gasteiger partial charge in [0.25, 0.3) is 0 Å². The van der Waals surface area contributed by atoms with Gasteiger partial charge in [-0.25, -0.2) is 0 Å². The van der Waals surface area contributed by atoms with Crippen LogP contribution in [0.2, 0.25) is 5.02 Å². The zero-order valence-electron chi connectivity index (χ0n) is 18.3. The molecule has 1 N–H and O–H groups in total. The normalized spacial score (nSPS) is 12.8. The fourth-order valence-electron chi connectivity index (χ4n) is 2.89. The van der Waals surface area contributed by atoms with Crippen LogP contribution in [0.25, 0.3) is 17.1 Å². The molecule has 0 radical (unpaired) electrons.